The maximum absolute atomic E-state index is 12.6. The van der Waals surface area contributed by atoms with Crippen LogP contribution in [0.5, 0.6) is 5.75 Å². The summed E-state index contributed by atoms with van der Waals surface area (Å²) in [4.78, 5) is 31.1. The van der Waals surface area contributed by atoms with Crippen molar-refractivity contribution in [2.75, 3.05) is 23.9 Å². The summed E-state index contributed by atoms with van der Waals surface area (Å²) < 4.78 is 10.7. The molecule has 138 valence electrons. The van der Waals surface area contributed by atoms with Gasteiger partial charge in [0.1, 0.15) is 11.3 Å². The summed E-state index contributed by atoms with van der Waals surface area (Å²) in [6.07, 6.45) is 0.164. The van der Waals surface area contributed by atoms with Gasteiger partial charge in [0.25, 0.3) is 0 Å². The number of amides is 2. The number of aromatic nitrogens is 1. The largest absolute Gasteiger partial charge is 0.495 e. The summed E-state index contributed by atoms with van der Waals surface area (Å²) in [6.45, 7) is 2.10. The average molecular weight is 365 g/mol. The number of ether oxygens (including phenoxy) is 1. The number of anilines is 2. The van der Waals surface area contributed by atoms with Gasteiger partial charge in [-0.2, -0.15) is 0 Å². The molecule has 4 rings (SSSR count). The second-order valence-corrected chi connectivity index (χ2v) is 6.48. The molecule has 1 aromatic heterocycles. The molecule has 0 bridgehead atoms. The van der Waals surface area contributed by atoms with Crippen molar-refractivity contribution < 1.29 is 18.7 Å². The lowest BCUT2D eigenvalue weighted by Crippen LogP contribution is -2.28. The number of hydrogen-bond donors (Lipinski definition) is 1. The van der Waals surface area contributed by atoms with Crippen molar-refractivity contribution in [1.82, 2.24) is 4.98 Å². The summed E-state index contributed by atoms with van der Waals surface area (Å²) in [7, 11) is 1.55. The van der Waals surface area contributed by atoms with Crippen LogP contribution >= 0.6 is 0 Å². The molecule has 1 saturated heterocycles. The van der Waals surface area contributed by atoms with Crippen molar-refractivity contribution in [3.8, 4) is 5.75 Å². The van der Waals surface area contributed by atoms with Crippen LogP contribution < -0.4 is 15.0 Å². The van der Waals surface area contributed by atoms with E-state index in [1.165, 1.54) is 0 Å². The predicted molar refractivity (Wildman–Crippen MR) is 101 cm³/mol. The number of para-hydroxylation sites is 2. The zero-order valence-electron chi connectivity index (χ0n) is 15.1. The number of rotatable bonds is 4. The molecule has 27 heavy (non-hydrogen) atoms. The summed E-state index contributed by atoms with van der Waals surface area (Å²) in [6, 6.07) is 12.6. The Morgan fingerprint density at radius 3 is 2.93 bits per heavy atom. The smallest absolute Gasteiger partial charge is 0.229 e. The molecular weight excluding hydrogens is 346 g/mol. The van der Waals surface area contributed by atoms with Crippen LogP contribution in [0.15, 0.2) is 46.9 Å². The highest BCUT2D eigenvalue weighted by Crippen LogP contribution is 2.30. The molecule has 0 saturated carbocycles. The lowest BCUT2D eigenvalue weighted by Gasteiger charge is -2.17. The van der Waals surface area contributed by atoms with Gasteiger partial charge in [-0.1, -0.05) is 12.1 Å². The van der Waals surface area contributed by atoms with Gasteiger partial charge in [-0.25, -0.2) is 4.98 Å². The normalized spacial score (nSPS) is 16.7. The van der Waals surface area contributed by atoms with Crippen molar-refractivity contribution in [2.45, 2.75) is 13.3 Å². The summed E-state index contributed by atoms with van der Waals surface area (Å²) in [5, 5.41) is 2.86. The van der Waals surface area contributed by atoms with Gasteiger partial charge < -0.3 is 19.4 Å². The van der Waals surface area contributed by atoms with Crippen molar-refractivity contribution in [1.29, 1.82) is 0 Å². The first-order chi connectivity index (χ1) is 13.0. The second-order valence-electron chi connectivity index (χ2n) is 6.48. The van der Waals surface area contributed by atoms with Crippen LogP contribution in [0.2, 0.25) is 0 Å². The van der Waals surface area contributed by atoms with E-state index in [2.05, 4.69) is 10.3 Å². The molecule has 2 aromatic carbocycles. The van der Waals surface area contributed by atoms with Crippen LogP contribution in [-0.4, -0.2) is 30.5 Å². The molecule has 1 fully saturated rings. The van der Waals surface area contributed by atoms with Crippen LogP contribution in [-0.2, 0) is 9.59 Å². The van der Waals surface area contributed by atoms with Crippen LogP contribution in [0.3, 0.4) is 0 Å². The fourth-order valence-electron chi connectivity index (χ4n) is 3.31. The Morgan fingerprint density at radius 1 is 1.30 bits per heavy atom. The molecule has 1 atom stereocenters. The fourth-order valence-corrected chi connectivity index (χ4v) is 3.31. The predicted octanol–water partition coefficient (Wildman–Crippen LogP) is 3.14. The molecule has 3 aromatic rings. The summed E-state index contributed by atoms with van der Waals surface area (Å²) in [5.74, 6) is 0.434. The number of aryl methyl sites for hydroxylation is 1. The van der Waals surface area contributed by atoms with Crippen molar-refractivity contribution in [3.63, 3.8) is 0 Å². The monoisotopic (exact) mass is 365 g/mol. The number of benzene rings is 2. The Bertz CT molecular complexity index is 1030. The number of carbonyl (C=O) groups is 2. The number of fused-ring (bicyclic) bond motifs is 1. The van der Waals surface area contributed by atoms with Gasteiger partial charge >= 0.3 is 0 Å². The minimum Gasteiger partial charge on any atom is -0.495 e. The van der Waals surface area contributed by atoms with E-state index in [-0.39, 0.29) is 18.2 Å². The number of methoxy groups -OCH3 is 1. The Labute approximate surface area is 155 Å². The van der Waals surface area contributed by atoms with Crippen LogP contribution in [0, 0.1) is 12.8 Å². The molecule has 2 amide bonds. The lowest BCUT2D eigenvalue weighted by atomic mass is 10.1. The van der Waals surface area contributed by atoms with Crippen LogP contribution in [0.4, 0.5) is 11.4 Å². The highest BCUT2D eigenvalue weighted by molar-refractivity contribution is 6.04. The topological polar surface area (TPSA) is 84.7 Å². The van der Waals surface area contributed by atoms with E-state index < -0.39 is 5.92 Å². The standard InChI is InChI=1S/C20H19N3O4/c1-12-21-16-10-14(7-8-18(16)27-12)23-11-13(9-19(23)24)20(25)22-15-5-3-4-6-17(15)26-2/h3-8,10,13H,9,11H2,1-2H3,(H,22,25)/t13-/m1/s1. The third-order valence-electron chi connectivity index (χ3n) is 4.65. The quantitative estimate of drug-likeness (QED) is 0.768. The van der Waals surface area contributed by atoms with Gasteiger partial charge in [-0.15, -0.1) is 0 Å². The van der Waals surface area contributed by atoms with Gasteiger partial charge in [0.2, 0.25) is 11.8 Å². The molecule has 1 aliphatic rings. The van der Waals surface area contributed by atoms with E-state index in [1.807, 2.05) is 24.3 Å². The van der Waals surface area contributed by atoms with E-state index in [9.17, 15) is 9.59 Å². The van der Waals surface area contributed by atoms with Gasteiger partial charge in [-0.05, 0) is 30.3 Å². The molecule has 0 unspecified atom stereocenters. The second kappa shape index (κ2) is 6.75. The molecule has 0 aliphatic carbocycles. The number of nitrogens with zero attached hydrogens (tertiary/aromatic N) is 2. The van der Waals surface area contributed by atoms with Crippen molar-refractivity contribution in [3.05, 3.63) is 48.4 Å². The Balaban J connectivity index is 1.51. The van der Waals surface area contributed by atoms with E-state index in [1.54, 1.807) is 37.1 Å². The number of oxazole rings is 1. The van der Waals surface area contributed by atoms with E-state index >= 15 is 0 Å². The van der Waals surface area contributed by atoms with Crippen LogP contribution in [0.1, 0.15) is 12.3 Å². The summed E-state index contributed by atoms with van der Waals surface area (Å²) in [5.41, 5.74) is 2.68. The fraction of sp³-hybridized carbons (Fsp3) is 0.250. The first-order valence-electron chi connectivity index (χ1n) is 8.66. The SMILES string of the molecule is COc1ccccc1NC(=O)[C@@H]1CC(=O)N(c2ccc3oc(C)nc3c2)C1. The molecule has 7 nitrogen and oxygen atoms in total. The third kappa shape index (κ3) is 3.23. The Morgan fingerprint density at radius 2 is 2.11 bits per heavy atom. The Kier molecular flexibility index (Phi) is 4.27. The first kappa shape index (κ1) is 17.1. The minimum atomic E-state index is -0.433. The van der Waals surface area contributed by atoms with E-state index in [0.29, 0.717) is 40.7 Å². The number of carbonyl (C=O) groups excluding carboxylic acids is 2. The molecular formula is C20H19N3O4. The zero-order chi connectivity index (χ0) is 19.0. The van der Waals surface area contributed by atoms with E-state index in [0.717, 1.165) is 0 Å². The number of nitrogens with one attached hydrogen (secondary N) is 1. The van der Waals surface area contributed by atoms with Gasteiger partial charge in [0, 0.05) is 25.6 Å². The minimum absolute atomic E-state index is 0.0882. The van der Waals surface area contributed by atoms with Gasteiger partial charge in [0.05, 0.1) is 18.7 Å². The molecule has 1 N–H and O–H groups in total. The van der Waals surface area contributed by atoms with Crippen molar-refractivity contribution >= 4 is 34.3 Å². The van der Waals surface area contributed by atoms with Gasteiger partial charge in [0.15, 0.2) is 11.5 Å². The average Bonchev–Trinajstić information content (AvgIpc) is 3.23. The van der Waals surface area contributed by atoms with Crippen molar-refractivity contribution in [2.24, 2.45) is 5.92 Å². The number of hydrogen-bond acceptors (Lipinski definition) is 5. The summed E-state index contributed by atoms with van der Waals surface area (Å²) >= 11 is 0. The molecule has 1 aliphatic heterocycles. The maximum Gasteiger partial charge on any atom is 0.229 e. The first-order valence-corrected chi connectivity index (χ1v) is 8.66. The highest BCUT2D eigenvalue weighted by atomic mass is 16.5. The van der Waals surface area contributed by atoms with E-state index in [4.69, 9.17) is 9.15 Å². The zero-order valence-corrected chi connectivity index (χ0v) is 15.1. The Hall–Kier alpha value is -3.35. The molecule has 7 heteroatoms. The third-order valence-corrected chi connectivity index (χ3v) is 4.65. The highest BCUT2D eigenvalue weighted by Gasteiger charge is 2.35. The van der Waals surface area contributed by atoms with Crippen LogP contribution in [0.25, 0.3) is 11.1 Å². The molecule has 0 spiro atoms. The molecule has 0 radical (unpaired) electrons. The maximum atomic E-state index is 12.6. The van der Waals surface area contributed by atoms with Gasteiger partial charge in [-0.3, -0.25) is 9.59 Å². The molecule has 2 heterocycles. The lowest BCUT2D eigenvalue weighted by molar-refractivity contribution is -0.122.